The van der Waals surface area contributed by atoms with Crippen LogP contribution >= 0.6 is 0 Å². The monoisotopic (exact) mass is 244 g/mol. The van der Waals surface area contributed by atoms with E-state index >= 15 is 0 Å². The minimum absolute atomic E-state index is 0.179. The predicted molar refractivity (Wildman–Crippen MR) is 71.0 cm³/mol. The van der Waals surface area contributed by atoms with Gasteiger partial charge in [-0.1, -0.05) is 31.4 Å². The van der Waals surface area contributed by atoms with Crippen LogP contribution in [0.1, 0.15) is 38.1 Å². The summed E-state index contributed by atoms with van der Waals surface area (Å²) in [5.74, 6) is 0. The molecule has 0 spiro atoms. The summed E-state index contributed by atoms with van der Waals surface area (Å²) >= 11 is 0. The molecule has 1 fully saturated rings. The average Bonchev–Trinajstić information content (AvgIpc) is 2.41. The Labute approximate surface area is 104 Å². The number of aromatic amines is 1. The standard InChI is InChI=1S/C14H16N2O2/c17-13-14(18)16(10-6-2-1-3-7-10)12-9-5-4-8-11(12)15-13/h4-5,8-10H,1-3,6-7H2,(H,15,17). The van der Waals surface area contributed by atoms with Gasteiger partial charge in [0.1, 0.15) is 0 Å². The van der Waals surface area contributed by atoms with Crippen LogP contribution in [0.5, 0.6) is 0 Å². The first-order valence-electron chi connectivity index (χ1n) is 6.51. The van der Waals surface area contributed by atoms with E-state index in [1.165, 1.54) is 6.42 Å². The summed E-state index contributed by atoms with van der Waals surface area (Å²) in [7, 11) is 0. The number of aromatic nitrogens is 2. The number of hydrogen-bond acceptors (Lipinski definition) is 2. The summed E-state index contributed by atoms with van der Waals surface area (Å²) in [4.78, 5) is 26.5. The summed E-state index contributed by atoms with van der Waals surface area (Å²) in [5.41, 5.74) is 0.654. The summed E-state index contributed by atoms with van der Waals surface area (Å²) in [6, 6.07) is 7.70. The molecular weight excluding hydrogens is 228 g/mol. The lowest BCUT2D eigenvalue weighted by Crippen LogP contribution is -2.38. The minimum atomic E-state index is -0.515. The SMILES string of the molecule is O=c1[nH]c2ccccc2n(C2CCCCC2)c1=O. The normalized spacial score (nSPS) is 17.1. The molecule has 1 aliphatic carbocycles. The van der Waals surface area contributed by atoms with Gasteiger partial charge in [-0.25, -0.2) is 0 Å². The van der Waals surface area contributed by atoms with Gasteiger partial charge in [0.25, 0.3) is 0 Å². The molecule has 0 amide bonds. The molecule has 1 N–H and O–H groups in total. The first-order valence-corrected chi connectivity index (χ1v) is 6.51. The molecular formula is C14H16N2O2. The summed E-state index contributed by atoms with van der Waals surface area (Å²) in [6.07, 6.45) is 5.49. The second kappa shape index (κ2) is 4.44. The maximum absolute atomic E-state index is 12.1. The Morgan fingerprint density at radius 3 is 2.56 bits per heavy atom. The molecule has 1 aliphatic rings. The fourth-order valence-electron chi connectivity index (χ4n) is 2.89. The van der Waals surface area contributed by atoms with Gasteiger partial charge in [-0.3, -0.25) is 14.2 Å². The van der Waals surface area contributed by atoms with Crippen LogP contribution in [0.25, 0.3) is 11.0 Å². The highest BCUT2D eigenvalue weighted by Crippen LogP contribution is 2.28. The number of benzene rings is 1. The molecule has 1 saturated carbocycles. The van der Waals surface area contributed by atoms with E-state index in [1.807, 2.05) is 24.3 Å². The molecule has 0 saturated heterocycles. The Balaban J connectivity index is 2.28. The Morgan fingerprint density at radius 1 is 1.06 bits per heavy atom. The molecule has 1 heterocycles. The van der Waals surface area contributed by atoms with Crippen molar-refractivity contribution in [1.82, 2.24) is 9.55 Å². The number of fused-ring (bicyclic) bond motifs is 1. The summed E-state index contributed by atoms with van der Waals surface area (Å²) in [6.45, 7) is 0. The van der Waals surface area contributed by atoms with Crippen molar-refractivity contribution >= 4 is 11.0 Å². The van der Waals surface area contributed by atoms with Gasteiger partial charge in [-0.05, 0) is 25.0 Å². The van der Waals surface area contributed by atoms with Gasteiger partial charge in [0.15, 0.2) is 0 Å². The van der Waals surface area contributed by atoms with Crippen LogP contribution in [0, 0.1) is 0 Å². The van der Waals surface area contributed by atoms with Gasteiger partial charge in [-0.2, -0.15) is 0 Å². The summed E-state index contributed by atoms with van der Waals surface area (Å²) < 4.78 is 1.70. The molecule has 1 aromatic heterocycles. The van der Waals surface area contributed by atoms with Crippen molar-refractivity contribution in [3.63, 3.8) is 0 Å². The second-order valence-corrected chi connectivity index (χ2v) is 4.94. The third-order valence-electron chi connectivity index (χ3n) is 3.76. The van der Waals surface area contributed by atoms with Gasteiger partial charge in [0, 0.05) is 6.04 Å². The van der Waals surface area contributed by atoms with Crippen molar-refractivity contribution < 1.29 is 0 Å². The highest BCUT2D eigenvalue weighted by molar-refractivity contribution is 5.74. The van der Waals surface area contributed by atoms with Crippen molar-refractivity contribution in [2.45, 2.75) is 38.1 Å². The van der Waals surface area contributed by atoms with Crippen LogP contribution in [0.3, 0.4) is 0 Å². The quantitative estimate of drug-likeness (QED) is 0.782. The van der Waals surface area contributed by atoms with Gasteiger partial charge in [0.05, 0.1) is 11.0 Å². The zero-order chi connectivity index (χ0) is 12.5. The molecule has 0 unspecified atom stereocenters. The van der Waals surface area contributed by atoms with Crippen LogP contribution in [0.2, 0.25) is 0 Å². The van der Waals surface area contributed by atoms with Crippen LogP contribution in [-0.4, -0.2) is 9.55 Å². The molecule has 4 nitrogen and oxygen atoms in total. The van der Waals surface area contributed by atoms with E-state index in [9.17, 15) is 9.59 Å². The predicted octanol–water partition coefficient (Wildman–Crippen LogP) is 2.20. The highest BCUT2D eigenvalue weighted by Gasteiger charge is 2.19. The van der Waals surface area contributed by atoms with Crippen molar-refractivity contribution in [3.8, 4) is 0 Å². The van der Waals surface area contributed by atoms with E-state index in [0.717, 1.165) is 36.7 Å². The number of nitrogens with zero attached hydrogens (tertiary/aromatic N) is 1. The Morgan fingerprint density at radius 2 is 1.78 bits per heavy atom. The molecule has 0 radical (unpaired) electrons. The highest BCUT2D eigenvalue weighted by atomic mass is 16.2. The number of H-pyrrole nitrogens is 1. The van der Waals surface area contributed by atoms with Crippen molar-refractivity contribution in [2.75, 3.05) is 0 Å². The van der Waals surface area contributed by atoms with Crippen LogP contribution in [0.15, 0.2) is 33.9 Å². The average molecular weight is 244 g/mol. The molecule has 2 aromatic rings. The molecule has 0 bridgehead atoms. The van der Waals surface area contributed by atoms with Crippen LogP contribution in [-0.2, 0) is 0 Å². The van der Waals surface area contributed by atoms with E-state index in [0.29, 0.717) is 0 Å². The van der Waals surface area contributed by atoms with Gasteiger partial charge in [0.2, 0.25) is 0 Å². The molecule has 3 rings (SSSR count). The fraction of sp³-hybridized carbons (Fsp3) is 0.429. The van der Waals surface area contributed by atoms with E-state index in [1.54, 1.807) is 4.57 Å². The molecule has 1 aromatic carbocycles. The third kappa shape index (κ3) is 1.78. The van der Waals surface area contributed by atoms with E-state index in [2.05, 4.69) is 4.98 Å². The zero-order valence-electron chi connectivity index (χ0n) is 10.2. The smallest absolute Gasteiger partial charge is 0.316 e. The van der Waals surface area contributed by atoms with E-state index in [4.69, 9.17) is 0 Å². The minimum Gasteiger partial charge on any atom is -0.316 e. The fourth-order valence-corrected chi connectivity index (χ4v) is 2.89. The lowest BCUT2D eigenvalue weighted by atomic mass is 9.95. The second-order valence-electron chi connectivity index (χ2n) is 4.94. The third-order valence-corrected chi connectivity index (χ3v) is 3.76. The van der Waals surface area contributed by atoms with E-state index < -0.39 is 11.1 Å². The van der Waals surface area contributed by atoms with Crippen LogP contribution in [0.4, 0.5) is 0 Å². The topological polar surface area (TPSA) is 54.9 Å². The Hall–Kier alpha value is -1.84. The molecule has 18 heavy (non-hydrogen) atoms. The van der Waals surface area contributed by atoms with Crippen molar-refractivity contribution in [1.29, 1.82) is 0 Å². The number of para-hydroxylation sites is 2. The molecule has 4 heteroatoms. The molecule has 94 valence electrons. The van der Waals surface area contributed by atoms with Crippen molar-refractivity contribution in [3.05, 3.63) is 45.0 Å². The largest absolute Gasteiger partial charge is 0.316 e. The van der Waals surface area contributed by atoms with Crippen molar-refractivity contribution in [2.24, 2.45) is 0 Å². The number of nitrogens with one attached hydrogen (secondary N) is 1. The lowest BCUT2D eigenvalue weighted by molar-refractivity contribution is 0.352. The van der Waals surface area contributed by atoms with Gasteiger partial charge in [-0.15, -0.1) is 0 Å². The van der Waals surface area contributed by atoms with E-state index in [-0.39, 0.29) is 6.04 Å². The lowest BCUT2D eigenvalue weighted by Gasteiger charge is -2.25. The maximum Gasteiger partial charge on any atom is 0.316 e. The number of rotatable bonds is 1. The Bertz CT molecular complexity index is 678. The maximum atomic E-state index is 12.1. The first kappa shape index (κ1) is 11.3. The molecule has 0 aliphatic heterocycles. The zero-order valence-corrected chi connectivity index (χ0v) is 10.2. The number of hydrogen-bond donors (Lipinski definition) is 1. The Kier molecular flexibility index (Phi) is 2.78. The van der Waals surface area contributed by atoms with Crippen LogP contribution < -0.4 is 11.1 Å². The molecule has 0 atom stereocenters. The summed E-state index contributed by atoms with van der Waals surface area (Å²) in [5, 5.41) is 0. The van der Waals surface area contributed by atoms with Gasteiger partial charge >= 0.3 is 11.1 Å². The van der Waals surface area contributed by atoms with Gasteiger partial charge < -0.3 is 4.98 Å². The first-order chi connectivity index (χ1) is 8.77.